The Morgan fingerprint density at radius 2 is 1.97 bits per heavy atom. The standard InChI is InChI=1S/C22H31N5O3/c28-19(4-11-27-10-1-9-23-27)26-12-7-22(8-13-26,16-17-2-3-17)21-24-20(30-25-21)18-5-14-29-15-6-18/h1,9-10,17-18H,2-8,11-16H2. The summed E-state index contributed by atoms with van der Waals surface area (Å²) in [5.41, 5.74) is -0.0488. The number of likely N-dealkylation sites (tertiary alicyclic amines) is 1. The Hall–Kier alpha value is -2.22. The third-order valence-electron chi connectivity index (χ3n) is 7.05. The zero-order chi connectivity index (χ0) is 20.4. The molecule has 0 N–H and O–H groups in total. The number of ether oxygens (including phenoxy) is 1. The minimum atomic E-state index is -0.0488. The Kier molecular flexibility index (Phi) is 5.58. The van der Waals surface area contributed by atoms with Crippen LogP contribution in [0.4, 0.5) is 0 Å². The van der Waals surface area contributed by atoms with Crippen molar-refractivity contribution in [1.29, 1.82) is 0 Å². The number of rotatable bonds is 7. The molecule has 3 aliphatic rings. The van der Waals surface area contributed by atoms with E-state index in [2.05, 4.69) is 10.3 Å². The van der Waals surface area contributed by atoms with Crippen LogP contribution in [0.25, 0.3) is 0 Å². The molecule has 0 aromatic carbocycles. The van der Waals surface area contributed by atoms with Crippen molar-refractivity contribution in [3.63, 3.8) is 0 Å². The van der Waals surface area contributed by atoms with E-state index in [4.69, 9.17) is 14.2 Å². The van der Waals surface area contributed by atoms with Gasteiger partial charge in [0.05, 0.1) is 0 Å². The minimum Gasteiger partial charge on any atom is -0.381 e. The molecular weight excluding hydrogens is 382 g/mol. The topological polar surface area (TPSA) is 86.3 Å². The molecule has 162 valence electrons. The molecule has 0 unspecified atom stereocenters. The van der Waals surface area contributed by atoms with E-state index in [9.17, 15) is 4.79 Å². The summed E-state index contributed by atoms with van der Waals surface area (Å²) in [7, 11) is 0. The van der Waals surface area contributed by atoms with Crippen molar-refractivity contribution >= 4 is 5.91 Å². The predicted molar refractivity (Wildman–Crippen MR) is 109 cm³/mol. The van der Waals surface area contributed by atoms with Gasteiger partial charge in [-0.3, -0.25) is 9.48 Å². The number of carbonyl (C=O) groups is 1. The van der Waals surface area contributed by atoms with Crippen LogP contribution in [0, 0.1) is 5.92 Å². The van der Waals surface area contributed by atoms with Crippen molar-refractivity contribution in [2.24, 2.45) is 5.92 Å². The highest BCUT2D eigenvalue weighted by atomic mass is 16.5. The van der Waals surface area contributed by atoms with Crippen LogP contribution in [0.1, 0.15) is 69.0 Å². The molecule has 0 atom stereocenters. The fraction of sp³-hybridized carbons (Fsp3) is 0.727. The highest BCUT2D eigenvalue weighted by Crippen LogP contribution is 2.47. The average Bonchev–Trinajstić information content (AvgIpc) is 3.23. The van der Waals surface area contributed by atoms with Gasteiger partial charge in [0, 0.05) is 63.0 Å². The number of aryl methyl sites for hydroxylation is 1. The van der Waals surface area contributed by atoms with Crippen molar-refractivity contribution in [3.8, 4) is 0 Å². The van der Waals surface area contributed by atoms with Gasteiger partial charge >= 0.3 is 0 Å². The van der Waals surface area contributed by atoms with E-state index in [1.54, 1.807) is 6.20 Å². The molecule has 30 heavy (non-hydrogen) atoms. The number of amides is 1. The average molecular weight is 414 g/mol. The Bertz CT molecular complexity index is 831. The summed E-state index contributed by atoms with van der Waals surface area (Å²) in [5.74, 6) is 2.96. The summed E-state index contributed by atoms with van der Waals surface area (Å²) in [6, 6.07) is 1.89. The molecule has 0 spiro atoms. The maximum atomic E-state index is 12.7. The van der Waals surface area contributed by atoms with Gasteiger partial charge in [-0.15, -0.1) is 0 Å². The van der Waals surface area contributed by atoms with Gasteiger partial charge in [0.2, 0.25) is 11.8 Å². The molecule has 8 heteroatoms. The van der Waals surface area contributed by atoms with Crippen LogP contribution in [-0.2, 0) is 21.5 Å². The summed E-state index contributed by atoms with van der Waals surface area (Å²) >= 11 is 0. The van der Waals surface area contributed by atoms with E-state index < -0.39 is 0 Å². The molecule has 5 rings (SSSR count). The lowest BCUT2D eigenvalue weighted by Crippen LogP contribution is -2.46. The first-order valence-corrected chi connectivity index (χ1v) is 11.4. The Labute approximate surface area is 177 Å². The van der Waals surface area contributed by atoms with Gasteiger partial charge in [0.15, 0.2) is 5.82 Å². The van der Waals surface area contributed by atoms with Crippen LogP contribution in [0.15, 0.2) is 23.0 Å². The predicted octanol–water partition coefficient (Wildman–Crippen LogP) is 2.91. The Morgan fingerprint density at radius 1 is 1.17 bits per heavy atom. The number of aromatic nitrogens is 4. The number of piperidine rings is 1. The molecule has 2 aromatic rings. The van der Waals surface area contributed by atoms with Crippen LogP contribution >= 0.6 is 0 Å². The third-order valence-corrected chi connectivity index (χ3v) is 7.05. The molecule has 2 saturated heterocycles. The lowest BCUT2D eigenvalue weighted by Gasteiger charge is -2.40. The van der Waals surface area contributed by atoms with Crippen LogP contribution in [-0.4, -0.2) is 57.0 Å². The largest absolute Gasteiger partial charge is 0.381 e. The molecule has 1 saturated carbocycles. The summed E-state index contributed by atoms with van der Waals surface area (Å²) in [6.07, 6.45) is 11.6. The molecule has 0 radical (unpaired) electrons. The number of nitrogens with zero attached hydrogens (tertiary/aromatic N) is 5. The molecule has 2 aliphatic heterocycles. The first-order valence-electron chi connectivity index (χ1n) is 11.4. The van der Waals surface area contributed by atoms with E-state index in [1.807, 2.05) is 21.8 Å². The van der Waals surface area contributed by atoms with E-state index in [0.29, 0.717) is 18.9 Å². The summed E-state index contributed by atoms with van der Waals surface area (Å²) < 4.78 is 13.0. The second-order valence-electron chi connectivity index (χ2n) is 9.17. The molecule has 2 aromatic heterocycles. The first kappa shape index (κ1) is 19.7. The van der Waals surface area contributed by atoms with E-state index >= 15 is 0 Å². The van der Waals surface area contributed by atoms with Gasteiger partial charge in [0.25, 0.3) is 0 Å². The van der Waals surface area contributed by atoms with Gasteiger partial charge < -0.3 is 14.2 Å². The molecule has 4 heterocycles. The quantitative estimate of drug-likeness (QED) is 0.694. The Morgan fingerprint density at radius 3 is 2.67 bits per heavy atom. The fourth-order valence-corrected chi connectivity index (χ4v) is 4.94. The zero-order valence-electron chi connectivity index (χ0n) is 17.5. The number of hydrogen-bond acceptors (Lipinski definition) is 6. The van der Waals surface area contributed by atoms with Crippen molar-refractivity contribution in [2.45, 2.75) is 69.2 Å². The van der Waals surface area contributed by atoms with E-state index in [0.717, 1.165) is 76.0 Å². The molecule has 8 nitrogen and oxygen atoms in total. The van der Waals surface area contributed by atoms with Gasteiger partial charge in [0.1, 0.15) is 0 Å². The normalized spacial score (nSPS) is 22.3. The molecule has 3 fully saturated rings. The highest BCUT2D eigenvalue weighted by Gasteiger charge is 2.45. The second kappa shape index (κ2) is 8.49. The monoisotopic (exact) mass is 413 g/mol. The maximum Gasteiger partial charge on any atom is 0.229 e. The van der Waals surface area contributed by atoms with Gasteiger partial charge in [-0.1, -0.05) is 18.0 Å². The van der Waals surface area contributed by atoms with Gasteiger partial charge in [-0.05, 0) is 44.1 Å². The smallest absolute Gasteiger partial charge is 0.229 e. The second-order valence-corrected chi connectivity index (χ2v) is 9.17. The van der Waals surface area contributed by atoms with Crippen molar-refractivity contribution in [2.75, 3.05) is 26.3 Å². The lowest BCUT2D eigenvalue weighted by molar-refractivity contribution is -0.133. The minimum absolute atomic E-state index is 0.0488. The Balaban J connectivity index is 1.24. The van der Waals surface area contributed by atoms with Gasteiger partial charge in [-0.25, -0.2) is 0 Å². The molecule has 1 amide bonds. The summed E-state index contributed by atoms with van der Waals surface area (Å²) in [6.45, 7) is 3.71. The molecule has 1 aliphatic carbocycles. The van der Waals surface area contributed by atoms with Crippen molar-refractivity contribution < 1.29 is 14.1 Å². The van der Waals surface area contributed by atoms with E-state index in [1.165, 1.54) is 12.8 Å². The zero-order valence-corrected chi connectivity index (χ0v) is 17.5. The van der Waals surface area contributed by atoms with Crippen LogP contribution in [0.5, 0.6) is 0 Å². The number of carbonyl (C=O) groups excluding carboxylic acids is 1. The number of hydrogen-bond donors (Lipinski definition) is 0. The van der Waals surface area contributed by atoms with E-state index in [-0.39, 0.29) is 11.3 Å². The first-order chi connectivity index (χ1) is 14.7. The van der Waals surface area contributed by atoms with Crippen molar-refractivity contribution in [1.82, 2.24) is 24.8 Å². The lowest BCUT2D eigenvalue weighted by atomic mass is 9.73. The third kappa shape index (κ3) is 4.29. The van der Waals surface area contributed by atoms with Crippen LogP contribution < -0.4 is 0 Å². The fourth-order valence-electron chi connectivity index (χ4n) is 4.94. The SMILES string of the molecule is O=C(CCn1cccn1)N1CCC(CC2CC2)(c2noc(C3CCOCC3)n2)CC1. The maximum absolute atomic E-state index is 12.7. The van der Waals surface area contributed by atoms with Crippen molar-refractivity contribution in [3.05, 3.63) is 30.2 Å². The van der Waals surface area contributed by atoms with Crippen LogP contribution in [0.2, 0.25) is 0 Å². The molecule has 0 bridgehead atoms. The highest BCUT2D eigenvalue weighted by molar-refractivity contribution is 5.76. The van der Waals surface area contributed by atoms with Gasteiger partial charge in [-0.2, -0.15) is 10.1 Å². The summed E-state index contributed by atoms with van der Waals surface area (Å²) in [5, 5.41) is 8.65. The summed E-state index contributed by atoms with van der Waals surface area (Å²) in [4.78, 5) is 19.6. The molecular formula is C22H31N5O3. The van der Waals surface area contributed by atoms with Crippen LogP contribution in [0.3, 0.4) is 0 Å².